The van der Waals surface area contributed by atoms with Crippen LogP contribution in [0.15, 0.2) is 0 Å². The first-order chi connectivity index (χ1) is 8.78. The molecule has 1 rings (SSSR count). The van der Waals surface area contributed by atoms with Crippen LogP contribution in [0, 0.1) is 16.7 Å². The maximum atomic E-state index is 12.4. The fourth-order valence-corrected chi connectivity index (χ4v) is 3.54. The summed E-state index contributed by atoms with van der Waals surface area (Å²) in [5.74, 6) is 0.534. The maximum absolute atomic E-state index is 12.4. The second-order valence-corrected chi connectivity index (χ2v) is 7.13. The molecular weight excluding hydrogens is 238 g/mol. The van der Waals surface area contributed by atoms with Gasteiger partial charge in [-0.05, 0) is 43.4 Å². The molecular formula is C16H31NO2. The number of hydrogen-bond acceptors (Lipinski definition) is 3. The molecule has 0 bridgehead atoms. The van der Waals surface area contributed by atoms with Gasteiger partial charge in [0.05, 0.1) is 5.41 Å². The molecule has 3 nitrogen and oxygen atoms in total. The minimum Gasteiger partial charge on any atom is -0.462 e. The Kier molecular flexibility index (Phi) is 5.43. The maximum Gasteiger partial charge on any atom is 0.313 e. The van der Waals surface area contributed by atoms with Crippen LogP contribution >= 0.6 is 0 Å². The summed E-state index contributed by atoms with van der Waals surface area (Å²) in [5, 5.41) is 0. The van der Waals surface area contributed by atoms with Gasteiger partial charge < -0.3 is 10.5 Å². The molecule has 1 aliphatic carbocycles. The molecule has 0 amide bonds. The lowest BCUT2D eigenvalue weighted by molar-refractivity contribution is -0.166. The van der Waals surface area contributed by atoms with Gasteiger partial charge in [0.25, 0.3) is 0 Å². The second-order valence-electron chi connectivity index (χ2n) is 7.13. The van der Waals surface area contributed by atoms with E-state index in [0.29, 0.717) is 12.5 Å². The molecule has 0 aliphatic heterocycles. The van der Waals surface area contributed by atoms with Crippen molar-refractivity contribution in [2.75, 3.05) is 6.54 Å². The number of carbonyl (C=O) groups is 1. The molecule has 1 aliphatic rings. The molecule has 112 valence electrons. The number of esters is 1. The highest BCUT2D eigenvalue weighted by Crippen LogP contribution is 2.40. The lowest BCUT2D eigenvalue weighted by atomic mass is 9.71. The zero-order valence-electron chi connectivity index (χ0n) is 13.3. The lowest BCUT2D eigenvalue weighted by Gasteiger charge is -2.40. The first kappa shape index (κ1) is 16.5. The number of carbonyl (C=O) groups excluding carboxylic acids is 1. The van der Waals surface area contributed by atoms with Crippen LogP contribution in [-0.2, 0) is 9.53 Å². The third-order valence-corrected chi connectivity index (χ3v) is 4.80. The Labute approximate surface area is 118 Å². The van der Waals surface area contributed by atoms with E-state index in [1.165, 1.54) is 6.42 Å². The normalized spacial score (nSPS) is 27.1. The highest BCUT2D eigenvalue weighted by atomic mass is 16.5. The Bertz CT molecular complexity index is 300. The summed E-state index contributed by atoms with van der Waals surface area (Å²) in [6, 6.07) is 0. The molecule has 3 heteroatoms. The SMILES string of the molecule is CCC(CC)(CN)C(=O)OC1CC(C)CC(C)(C)C1. The first-order valence-electron chi connectivity index (χ1n) is 7.69. The van der Waals surface area contributed by atoms with Gasteiger partial charge in [-0.2, -0.15) is 0 Å². The van der Waals surface area contributed by atoms with Gasteiger partial charge in [0.15, 0.2) is 0 Å². The number of nitrogens with two attached hydrogens (primary N) is 1. The van der Waals surface area contributed by atoms with E-state index in [0.717, 1.165) is 25.7 Å². The molecule has 0 spiro atoms. The Morgan fingerprint density at radius 1 is 1.32 bits per heavy atom. The number of rotatable bonds is 5. The van der Waals surface area contributed by atoms with Gasteiger partial charge >= 0.3 is 5.97 Å². The molecule has 2 unspecified atom stereocenters. The summed E-state index contributed by atoms with van der Waals surface area (Å²) in [4.78, 5) is 12.4. The van der Waals surface area contributed by atoms with Crippen LogP contribution in [0.3, 0.4) is 0 Å². The summed E-state index contributed by atoms with van der Waals surface area (Å²) in [6.07, 6.45) is 4.75. The molecule has 0 saturated heterocycles. The van der Waals surface area contributed by atoms with Crippen molar-refractivity contribution >= 4 is 5.97 Å². The smallest absolute Gasteiger partial charge is 0.313 e. The van der Waals surface area contributed by atoms with Crippen molar-refractivity contribution in [2.24, 2.45) is 22.5 Å². The predicted octanol–water partition coefficient (Wildman–Crippen LogP) is 3.51. The van der Waals surface area contributed by atoms with Crippen LogP contribution in [0.1, 0.15) is 66.7 Å². The van der Waals surface area contributed by atoms with Crippen molar-refractivity contribution in [1.82, 2.24) is 0 Å². The molecule has 2 N–H and O–H groups in total. The van der Waals surface area contributed by atoms with Gasteiger partial charge in [-0.1, -0.05) is 34.6 Å². The topological polar surface area (TPSA) is 52.3 Å². The van der Waals surface area contributed by atoms with Gasteiger partial charge in [-0.3, -0.25) is 4.79 Å². The summed E-state index contributed by atoms with van der Waals surface area (Å²) >= 11 is 0. The third kappa shape index (κ3) is 3.95. The number of hydrogen-bond donors (Lipinski definition) is 1. The van der Waals surface area contributed by atoms with Crippen molar-refractivity contribution in [3.05, 3.63) is 0 Å². The lowest BCUT2D eigenvalue weighted by Crippen LogP contribution is -2.42. The molecule has 2 atom stereocenters. The van der Waals surface area contributed by atoms with Crippen LogP contribution in [0.25, 0.3) is 0 Å². The Balaban J connectivity index is 2.70. The second kappa shape index (κ2) is 6.25. The Morgan fingerprint density at radius 2 is 1.89 bits per heavy atom. The van der Waals surface area contributed by atoms with E-state index in [4.69, 9.17) is 10.5 Å². The molecule has 19 heavy (non-hydrogen) atoms. The van der Waals surface area contributed by atoms with Crippen molar-refractivity contribution in [1.29, 1.82) is 0 Å². The van der Waals surface area contributed by atoms with Gasteiger partial charge in [0.2, 0.25) is 0 Å². The minimum atomic E-state index is -0.481. The number of ether oxygens (including phenoxy) is 1. The zero-order valence-corrected chi connectivity index (χ0v) is 13.3. The minimum absolute atomic E-state index is 0.0651. The standard InChI is InChI=1S/C16H31NO2/c1-6-16(7-2,11-17)14(18)19-13-8-12(3)9-15(4,5)10-13/h12-13H,6-11,17H2,1-5H3. The molecule has 0 aromatic rings. The van der Waals surface area contributed by atoms with Crippen molar-refractivity contribution in [3.63, 3.8) is 0 Å². The van der Waals surface area contributed by atoms with Crippen molar-refractivity contribution in [2.45, 2.75) is 72.8 Å². The van der Waals surface area contributed by atoms with E-state index < -0.39 is 5.41 Å². The van der Waals surface area contributed by atoms with Crippen LogP contribution in [0.4, 0.5) is 0 Å². The van der Waals surface area contributed by atoms with Crippen LogP contribution < -0.4 is 5.73 Å². The highest BCUT2D eigenvalue weighted by Gasteiger charge is 2.39. The van der Waals surface area contributed by atoms with E-state index in [9.17, 15) is 4.79 Å². The summed E-state index contributed by atoms with van der Waals surface area (Å²) in [7, 11) is 0. The average Bonchev–Trinajstić information content (AvgIpc) is 2.29. The van der Waals surface area contributed by atoms with Crippen LogP contribution in [-0.4, -0.2) is 18.6 Å². The largest absolute Gasteiger partial charge is 0.462 e. The summed E-state index contributed by atoms with van der Waals surface area (Å²) in [5.41, 5.74) is 5.60. The summed E-state index contributed by atoms with van der Waals surface area (Å²) < 4.78 is 5.82. The van der Waals surface area contributed by atoms with Gasteiger partial charge in [-0.25, -0.2) is 0 Å². The molecule has 0 heterocycles. The molecule has 0 radical (unpaired) electrons. The van der Waals surface area contributed by atoms with Crippen LogP contribution in [0.2, 0.25) is 0 Å². The third-order valence-electron chi connectivity index (χ3n) is 4.80. The monoisotopic (exact) mass is 269 g/mol. The fraction of sp³-hybridized carbons (Fsp3) is 0.938. The quantitative estimate of drug-likeness (QED) is 0.777. The Hall–Kier alpha value is -0.570. The zero-order chi connectivity index (χ0) is 14.7. The molecule has 1 saturated carbocycles. The van der Waals surface area contributed by atoms with E-state index in [2.05, 4.69) is 20.8 Å². The van der Waals surface area contributed by atoms with Crippen molar-refractivity contribution < 1.29 is 9.53 Å². The average molecular weight is 269 g/mol. The predicted molar refractivity (Wildman–Crippen MR) is 78.7 cm³/mol. The van der Waals surface area contributed by atoms with E-state index in [1.54, 1.807) is 0 Å². The molecule has 0 aromatic carbocycles. The van der Waals surface area contributed by atoms with Crippen molar-refractivity contribution in [3.8, 4) is 0 Å². The van der Waals surface area contributed by atoms with E-state index in [1.807, 2.05) is 13.8 Å². The molecule has 1 fully saturated rings. The highest BCUT2D eigenvalue weighted by molar-refractivity contribution is 5.77. The first-order valence-corrected chi connectivity index (χ1v) is 7.69. The van der Waals surface area contributed by atoms with Crippen LogP contribution in [0.5, 0.6) is 0 Å². The van der Waals surface area contributed by atoms with Gasteiger partial charge in [0.1, 0.15) is 6.10 Å². The van der Waals surface area contributed by atoms with E-state index in [-0.39, 0.29) is 17.5 Å². The van der Waals surface area contributed by atoms with Gasteiger partial charge in [0, 0.05) is 6.54 Å². The Morgan fingerprint density at radius 3 is 2.32 bits per heavy atom. The van der Waals surface area contributed by atoms with Gasteiger partial charge in [-0.15, -0.1) is 0 Å². The molecule has 0 aromatic heterocycles. The summed E-state index contributed by atoms with van der Waals surface area (Å²) in [6.45, 7) is 11.2. The fourth-order valence-electron chi connectivity index (χ4n) is 3.54. The van der Waals surface area contributed by atoms with E-state index >= 15 is 0 Å².